The highest BCUT2D eigenvalue weighted by Gasteiger charge is 2.31. The molecule has 0 unspecified atom stereocenters. The summed E-state index contributed by atoms with van der Waals surface area (Å²) >= 11 is 0. The SMILES string of the molecule is CS(=O)(=O)OCCCCCCCn1cc2c(c1)C(=O)c1cnccc1C2=O. The van der Waals surface area contributed by atoms with Crippen LogP contribution < -0.4 is 0 Å². The summed E-state index contributed by atoms with van der Waals surface area (Å²) in [6.07, 6.45) is 12.0. The van der Waals surface area contributed by atoms with E-state index in [2.05, 4.69) is 4.98 Å². The smallest absolute Gasteiger partial charge is 0.264 e. The third kappa shape index (κ3) is 4.70. The molecule has 144 valence electrons. The lowest BCUT2D eigenvalue weighted by Crippen LogP contribution is -2.19. The van der Waals surface area contributed by atoms with E-state index in [4.69, 9.17) is 4.18 Å². The molecule has 0 saturated carbocycles. The molecule has 0 atom stereocenters. The van der Waals surface area contributed by atoms with Crippen LogP contribution in [0, 0.1) is 0 Å². The van der Waals surface area contributed by atoms with E-state index in [0.29, 0.717) is 28.7 Å². The second kappa shape index (κ2) is 8.14. The minimum absolute atomic E-state index is 0.133. The van der Waals surface area contributed by atoms with Crippen molar-refractivity contribution >= 4 is 21.7 Å². The number of nitrogens with zero attached hydrogens (tertiary/aromatic N) is 2. The molecule has 2 aromatic heterocycles. The number of carbonyl (C=O) groups excluding carboxylic acids is 2. The van der Waals surface area contributed by atoms with Crippen molar-refractivity contribution in [3.63, 3.8) is 0 Å². The minimum atomic E-state index is -3.35. The molecule has 0 aliphatic heterocycles. The summed E-state index contributed by atoms with van der Waals surface area (Å²) in [6, 6.07) is 1.59. The number of pyridine rings is 1. The van der Waals surface area contributed by atoms with Crippen LogP contribution in [0.3, 0.4) is 0 Å². The second-order valence-electron chi connectivity index (χ2n) is 6.70. The van der Waals surface area contributed by atoms with Gasteiger partial charge < -0.3 is 4.57 Å². The molecule has 0 fully saturated rings. The Morgan fingerprint density at radius 3 is 2.26 bits per heavy atom. The molecule has 0 radical (unpaired) electrons. The molecule has 0 N–H and O–H groups in total. The first kappa shape index (κ1) is 19.4. The fourth-order valence-electron chi connectivity index (χ4n) is 3.20. The van der Waals surface area contributed by atoms with E-state index < -0.39 is 10.1 Å². The van der Waals surface area contributed by atoms with Gasteiger partial charge in [0, 0.05) is 36.9 Å². The Morgan fingerprint density at radius 1 is 0.926 bits per heavy atom. The Kier molecular flexibility index (Phi) is 5.86. The summed E-state index contributed by atoms with van der Waals surface area (Å²) < 4.78 is 28.3. The Bertz CT molecular complexity index is 910. The van der Waals surface area contributed by atoms with Crippen LogP contribution >= 0.6 is 0 Å². The number of rotatable bonds is 9. The minimum Gasteiger partial charge on any atom is -0.353 e. The number of hydrogen-bond acceptors (Lipinski definition) is 6. The molecule has 3 rings (SSSR count). The lowest BCUT2D eigenvalue weighted by Gasteiger charge is -2.12. The van der Waals surface area contributed by atoms with Gasteiger partial charge in [0.1, 0.15) is 0 Å². The molecule has 0 saturated heterocycles. The summed E-state index contributed by atoms with van der Waals surface area (Å²) in [4.78, 5) is 29.1. The highest BCUT2D eigenvalue weighted by Crippen LogP contribution is 2.27. The van der Waals surface area contributed by atoms with Gasteiger partial charge in [0.25, 0.3) is 10.1 Å². The van der Waals surface area contributed by atoms with Crippen molar-refractivity contribution in [2.45, 2.75) is 38.6 Å². The van der Waals surface area contributed by atoms with Gasteiger partial charge in [-0.1, -0.05) is 19.3 Å². The summed E-state index contributed by atoms with van der Waals surface area (Å²) in [5.41, 5.74) is 1.68. The summed E-state index contributed by atoms with van der Waals surface area (Å²) in [5.74, 6) is -0.288. The van der Waals surface area contributed by atoms with Gasteiger partial charge in [-0.15, -0.1) is 0 Å². The highest BCUT2D eigenvalue weighted by atomic mass is 32.2. The van der Waals surface area contributed by atoms with Gasteiger partial charge in [-0.05, 0) is 18.9 Å². The zero-order valence-electron chi connectivity index (χ0n) is 15.2. The molecular formula is C19H22N2O5S. The largest absolute Gasteiger partial charge is 0.353 e. The fraction of sp³-hybridized carbons (Fsp3) is 0.421. The first-order valence-electron chi connectivity index (χ1n) is 8.94. The van der Waals surface area contributed by atoms with Crippen LogP contribution in [0.4, 0.5) is 0 Å². The molecule has 7 nitrogen and oxygen atoms in total. The van der Waals surface area contributed by atoms with Crippen LogP contribution in [0.25, 0.3) is 0 Å². The van der Waals surface area contributed by atoms with Gasteiger partial charge in [0.15, 0.2) is 11.6 Å². The lowest BCUT2D eigenvalue weighted by molar-refractivity contribution is 0.0979. The molecule has 0 bridgehead atoms. The monoisotopic (exact) mass is 390 g/mol. The second-order valence-corrected chi connectivity index (χ2v) is 8.34. The number of fused-ring (bicyclic) bond motifs is 2. The Hall–Kier alpha value is -2.32. The van der Waals surface area contributed by atoms with E-state index in [0.717, 1.165) is 38.5 Å². The van der Waals surface area contributed by atoms with E-state index in [1.807, 2.05) is 4.57 Å². The van der Waals surface area contributed by atoms with Gasteiger partial charge >= 0.3 is 0 Å². The van der Waals surface area contributed by atoms with E-state index >= 15 is 0 Å². The first-order chi connectivity index (χ1) is 12.9. The normalized spacial score (nSPS) is 13.5. The molecule has 2 aromatic rings. The molecule has 27 heavy (non-hydrogen) atoms. The predicted molar refractivity (Wildman–Crippen MR) is 99.4 cm³/mol. The lowest BCUT2D eigenvalue weighted by atomic mass is 9.88. The molecule has 8 heteroatoms. The topological polar surface area (TPSA) is 95.3 Å². The first-order valence-corrected chi connectivity index (χ1v) is 10.8. The van der Waals surface area contributed by atoms with Crippen LogP contribution in [0.2, 0.25) is 0 Å². The molecule has 0 spiro atoms. The van der Waals surface area contributed by atoms with Crippen molar-refractivity contribution in [1.82, 2.24) is 9.55 Å². The van der Waals surface area contributed by atoms with Gasteiger partial charge in [-0.25, -0.2) is 0 Å². The van der Waals surface area contributed by atoms with Crippen LogP contribution in [0.15, 0.2) is 30.9 Å². The number of aromatic nitrogens is 2. The van der Waals surface area contributed by atoms with E-state index in [-0.39, 0.29) is 18.2 Å². The predicted octanol–water partition coefficient (Wildman–Crippen LogP) is 2.59. The number of aryl methyl sites for hydroxylation is 1. The van der Waals surface area contributed by atoms with Gasteiger partial charge in [-0.2, -0.15) is 8.42 Å². The Labute approximate surface area is 158 Å². The molecular weight excluding hydrogens is 368 g/mol. The summed E-state index contributed by atoms with van der Waals surface area (Å²) in [6.45, 7) is 0.949. The van der Waals surface area contributed by atoms with Crippen molar-refractivity contribution in [3.05, 3.63) is 53.1 Å². The maximum absolute atomic E-state index is 12.6. The molecule has 1 aliphatic rings. The Balaban J connectivity index is 1.48. The van der Waals surface area contributed by atoms with Crippen molar-refractivity contribution in [2.75, 3.05) is 12.9 Å². The maximum atomic E-state index is 12.6. The number of ketones is 2. The van der Waals surface area contributed by atoms with Crippen LogP contribution in [0.1, 0.15) is 63.9 Å². The van der Waals surface area contributed by atoms with Crippen molar-refractivity contribution in [3.8, 4) is 0 Å². The molecule has 0 amide bonds. The Morgan fingerprint density at radius 2 is 1.56 bits per heavy atom. The zero-order valence-corrected chi connectivity index (χ0v) is 16.0. The van der Waals surface area contributed by atoms with Gasteiger partial charge in [0.05, 0.1) is 29.6 Å². The van der Waals surface area contributed by atoms with Crippen LogP contribution in [-0.2, 0) is 20.8 Å². The summed E-state index contributed by atoms with van der Waals surface area (Å²) in [7, 11) is -3.35. The van der Waals surface area contributed by atoms with Crippen LogP contribution in [-0.4, -0.2) is 42.4 Å². The van der Waals surface area contributed by atoms with E-state index in [1.165, 1.54) is 12.4 Å². The summed E-state index contributed by atoms with van der Waals surface area (Å²) in [5, 5.41) is 0. The van der Waals surface area contributed by atoms with Crippen molar-refractivity contribution in [2.24, 2.45) is 0 Å². The number of unbranched alkanes of at least 4 members (excludes halogenated alkanes) is 4. The molecule has 0 aromatic carbocycles. The number of hydrogen-bond donors (Lipinski definition) is 0. The van der Waals surface area contributed by atoms with Crippen molar-refractivity contribution in [1.29, 1.82) is 0 Å². The van der Waals surface area contributed by atoms with E-state index in [1.54, 1.807) is 18.5 Å². The zero-order chi connectivity index (χ0) is 19.4. The third-order valence-electron chi connectivity index (χ3n) is 4.54. The van der Waals surface area contributed by atoms with E-state index in [9.17, 15) is 18.0 Å². The maximum Gasteiger partial charge on any atom is 0.264 e. The average Bonchev–Trinajstić information content (AvgIpc) is 3.06. The average molecular weight is 390 g/mol. The number of carbonyl (C=O) groups is 2. The fourth-order valence-corrected chi connectivity index (χ4v) is 3.62. The van der Waals surface area contributed by atoms with Gasteiger partial charge in [-0.3, -0.25) is 18.8 Å². The standard InChI is InChI=1S/C19H22N2O5S/c1-27(24,25)26-10-6-4-2-3-5-9-21-12-16-17(13-21)19(23)15-11-20-8-7-14(15)18(16)22/h7-8,11-13H,2-6,9-10H2,1H3. The molecule has 1 aliphatic carbocycles. The quantitative estimate of drug-likeness (QED) is 0.412. The third-order valence-corrected chi connectivity index (χ3v) is 5.13. The van der Waals surface area contributed by atoms with Gasteiger partial charge in [0.2, 0.25) is 0 Å². The van der Waals surface area contributed by atoms with Crippen LogP contribution in [0.5, 0.6) is 0 Å². The van der Waals surface area contributed by atoms with Crippen molar-refractivity contribution < 1.29 is 22.2 Å². The molecule has 2 heterocycles. The highest BCUT2D eigenvalue weighted by molar-refractivity contribution is 7.85.